The van der Waals surface area contributed by atoms with Crippen LogP contribution in [0.5, 0.6) is 0 Å². The summed E-state index contributed by atoms with van der Waals surface area (Å²) < 4.78 is 0.917. The summed E-state index contributed by atoms with van der Waals surface area (Å²) in [5, 5.41) is 3.41. The van der Waals surface area contributed by atoms with Gasteiger partial charge in [-0.1, -0.05) is 6.92 Å². The van der Waals surface area contributed by atoms with Crippen molar-refractivity contribution >= 4 is 33.2 Å². The zero-order valence-corrected chi connectivity index (χ0v) is 14.4. The van der Waals surface area contributed by atoms with Crippen molar-refractivity contribution in [3.8, 4) is 0 Å². The van der Waals surface area contributed by atoms with Crippen molar-refractivity contribution in [1.29, 1.82) is 0 Å². The van der Waals surface area contributed by atoms with Gasteiger partial charge in [0.15, 0.2) is 0 Å². The van der Waals surface area contributed by atoms with Crippen LogP contribution in [0.3, 0.4) is 0 Å². The van der Waals surface area contributed by atoms with Crippen LogP contribution in [0.25, 0.3) is 0 Å². The van der Waals surface area contributed by atoms with Gasteiger partial charge >= 0.3 is 0 Å². The molecular weight excluding hydrogens is 350 g/mol. The van der Waals surface area contributed by atoms with E-state index in [1.807, 2.05) is 0 Å². The fourth-order valence-corrected chi connectivity index (χ4v) is 3.33. The Kier molecular flexibility index (Phi) is 4.82. The first-order valence-corrected chi connectivity index (χ1v) is 8.80. The molecule has 2 aromatic rings. The third kappa shape index (κ3) is 3.78. The summed E-state index contributed by atoms with van der Waals surface area (Å²) in [6.45, 7) is 7.08. The highest BCUT2D eigenvalue weighted by Crippen LogP contribution is 2.16. The summed E-state index contributed by atoms with van der Waals surface area (Å²) >= 11 is 5.13. The molecule has 3 rings (SSSR count). The first-order chi connectivity index (χ1) is 10.2. The molecule has 3 heterocycles. The third-order valence-electron chi connectivity index (χ3n) is 3.55. The summed E-state index contributed by atoms with van der Waals surface area (Å²) in [6, 6.07) is 0. The molecular formula is C14H18BrN5S. The molecule has 0 N–H and O–H groups in total. The normalized spacial score (nSPS) is 16.4. The molecule has 0 aromatic carbocycles. The molecule has 1 fully saturated rings. The van der Waals surface area contributed by atoms with Crippen molar-refractivity contribution in [1.82, 2.24) is 19.9 Å². The minimum Gasteiger partial charge on any atom is -0.338 e. The van der Waals surface area contributed by atoms with Crippen LogP contribution in [0, 0.1) is 0 Å². The lowest BCUT2D eigenvalue weighted by Gasteiger charge is -2.34. The van der Waals surface area contributed by atoms with Crippen molar-refractivity contribution in [2.45, 2.75) is 19.9 Å². The zero-order chi connectivity index (χ0) is 14.7. The molecule has 1 saturated heterocycles. The molecule has 0 radical (unpaired) electrons. The van der Waals surface area contributed by atoms with Crippen LogP contribution in [-0.2, 0) is 13.0 Å². The lowest BCUT2D eigenvalue weighted by molar-refractivity contribution is 0.246. The Morgan fingerprint density at radius 3 is 2.52 bits per heavy atom. The third-order valence-corrected chi connectivity index (χ3v) is 5.00. The fourth-order valence-electron chi connectivity index (χ4n) is 2.39. The van der Waals surface area contributed by atoms with Crippen molar-refractivity contribution in [2.75, 3.05) is 31.1 Å². The largest absolute Gasteiger partial charge is 0.338 e. The van der Waals surface area contributed by atoms with Gasteiger partial charge in [0.1, 0.15) is 0 Å². The van der Waals surface area contributed by atoms with Gasteiger partial charge < -0.3 is 4.90 Å². The number of hydrogen-bond donors (Lipinski definition) is 0. The van der Waals surface area contributed by atoms with Crippen molar-refractivity contribution in [2.24, 2.45) is 0 Å². The summed E-state index contributed by atoms with van der Waals surface area (Å²) in [5.74, 6) is 0.819. The number of halogens is 1. The number of aromatic nitrogens is 3. The minimum absolute atomic E-state index is 0.819. The van der Waals surface area contributed by atoms with Crippen LogP contribution in [0.2, 0.25) is 0 Å². The highest BCUT2D eigenvalue weighted by Gasteiger charge is 2.19. The smallest absolute Gasteiger partial charge is 0.225 e. The number of thiazole rings is 1. The second kappa shape index (κ2) is 6.81. The summed E-state index contributed by atoms with van der Waals surface area (Å²) in [5.41, 5.74) is 1.20. The number of aryl methyl sites for hydroxylation is 1. The van der Waals surface area contributed by atoms with Crippen LogP contribution >= 0.6 is 27.3 Å². The number of rotatable bonds is 4. The van der Waals surface area contributed by atoms with E-state index in [-0.39, 0.29) is 0 Å². The molecule has 0 atom stereocenters. The minimum atomic E-state index is 0.819. The maximum Gasteiger partial charge on any atom is 0.225 e. The lowest BCUT2D eigenvalue weighted by atomic mass is 10.3. The van der Waals surface area contributed by atoms with Crippen LogP contribution in [0.15, 0.2) is 22.2 Å². The van der Waals surface area contributed by atoms with E-state index in [1.165, 1.54) is 10.7 Å². The number of nitrogens with zero attached hydrogens (tertiary/aromatic N) is 5. The van der Waals surface area contributed by atoms with Crippen molar-refractivity contribution in [3.63, 3.8) is 0 Å². The topological polar surface area (TPSA) is 45.2 Å². The first kappa shape index (κ1) is 14.9. The highest BCUT2D eigenvalue weighted by atomic mass is 79.9. The van der Waals surface area contributed by atoms with E-state index < -0.39 is 0 Å². The van der Waals surface area contributed by atoms with Gasteiger partial charge in [0.25, 0.3) is 0 Å². The van der Waals surface area contributed by atoms with Gasteiger partial charge in [-0.15, -0.1) is 11.3 Å². The molecule has 0 aliphatic carbocycles. The Morgan fingerprint density at radius 2 is 1.90 bits per heavy atom. The molecule has 0 bridgehead atoms. The van der Waals surface area contributed by atoms with E-state index in [0.29, 0.717) is 0 Å². The van der Waals surface area contributed by atoms with Gasteiger partial charge in [-0.25, -0.2) is 15.0 Å². The molecule has 2 aromatic heterocycles. The summed E-state index contributed by atoms with van der Waals surface area (Å²) in [6.07, 6.45) is 4.63. The molecule has 1 aliphatic heterocycles. The first-order valence-electron chi connectivity index (χ1n) is 7.12. The quantitative estimate of drug-likeness (QED) is 0.830. The molecule has 0 unspecified atom stereocenters. The van der Waals surface area contributed by atoms with Crippen LogP contribution < -0.4 is 4.90 Å². The maximum absolute atomic E-state index is 4.64. The van der Waals surface area contributed by atoms with Gasteiger partial charge in [0.05, 0.1) is 15.2 Å². The molecule has 0 spiro atoms. The van der Waals surface area contributed by atoms with Gasteiger partial charge in [-0.05, 0) is 22.4 Å². The Labute approximate surface area is 137 Å². The van der Waals surface area contributed by atoms with Crippen molar-refractivity contribution in [3.05, 3.63) is 32.9 Å². The Hall–Kier alpha value is -1.05. The Balaban J connectivity index is 1.54. The van der Waals surface area contributed by atoms with Gasteiger partial charge in [-0.3, -0.25) is 4.90 Å². The summed E-state index contributed by atoms with van der Waals surface area (Å²) in [7, 11) is 0. The van der Waals surface area contributed by atoms with E-state index in [9.17, 15) is 0 Å². The molecule has 112 valence electrons. The Morgan fingerprint density at radius 1 is 1.19 bits per heavy atom. The van der Waals surface area contributed by atoms with Crippen LogP contribution in [0.4, 0.5) is 5.95 Å². The molecule has 0 amide bonds. The van der Waals surface area contributed by atoms with E-state index in [1.54, 1.807) is 23.7 Å². The number of piperazine rings is 1. The predicted molar refractivity (Wildman–Crippen MR) is 88.7 cm³/mol. The second-order valence-corrected chi connectivity index (χ2v) is 6.91. The van der Waals surface area contributed by atoms with E-state index in [0.717, 1.165) is 49.6 Å². The fraction of sp³-hybridized carbons (Fsp3) is 0.500. The lowest BCUT2D eigenvalue weighted by Crippen LogP contribution is -2.46. The standard InChI is InChI=1S/C14H18BrN5S/c1-2-13-18-12(10-21-13)9-19-3-5-20(6-4-19)14-16-7-11(15)8-17-14/h7-8,10H,2-6,9H2,1H3. The Bertz CT molecular complexity index is 577. The SMILES string of the molecule is CCc1nc(CN2CCN(c3ncc(Br)cn3)CC2)cs1. The van der Waals surface area contributed by atoms with E-state index >= 15 is 0 Å². The maximum atomic E-state index is 4.64. The van der Waals surface area contributed by atoms with Gasteiger partial charge in [0, 0.05) is 50.5 Å². The molecule has 7 heteroatoms. The number of hydrogen-bond acceptors (Lipinski definition) is 6. The monoisotopic (exact) mass is 367 g/mol. The number of anilines is 1. The molecule has 5 nitrogen and oxygen atoms in total. The van der Waals surface area contributed by atoms with Gasteiger partial charge in [-0.2, -0.15) is 0 Å². The summed E-state index contributed by atoms with van der Waals surface area (Å²) in [4.78, 5) is 18.1. The van der Waals surface area contributed by atoms with E-state index in [4.69, 9.17) is 0 Å². The van der Waals surface area contributed by atoms with Gasteiger partial charge in [0.2, 0.25) is 5.95 Å². The second-order valence-electron chi connectivity index (χ2n) is 5.05. The highest BCUT2D eigenvalue weighted by molar-refractivity contribution is 9.10. The van der Waals surface area contributed by atoms with Crippen molar-refractivity contribution < 1.29 is 0 Å². The molecule has 0 saturated carbocycles. The average Bonchev–Trinajstić information content (AvgIpc) is 2.97. The van der Waals surface area contributed by atoms with Crippen LogP contribution in [0.1, 0.15) is 17.6 Å². The molecule has 1 aliphatic rings. The van der Waals surface area contributed by atoms with E-state index in [2.05, 4.69) is 53.0 Å². The average molecular weight is 368 g/mol. The predicted octanol–water partition coefficient (Wildman–Crippen LogP) is 2.58. The zero-order valence-electron chi connectivity index (χ0n) is 12.0. The molecule has 21 heavy (non-hydrogen) atoms. The van der Waals surface area contributed by atoms with Crippen LogP contribution in [-0.4, -0.2) is 46.0 Å².